The van der Waals surface area contributed by atoms with Crippen LogP contribution in [0, 0.1) is 4.77 Å². The van der Waals surface area contributed by atoms with Crippen LogP contribution in [0.25, 0.3) is 0 Å². The Balaban J connectivity index is 1.86. The molecule has 2 aromatic rings. The molecule has 7 nitrogen and oxygen atoms in total. The zero-order chi connectivity index (χ0) is 16.4. The number of carbonyl (C=O) groups is 1. The molecule has 23 heavy (non-hydrogen) atoms. The number of rotatable bonds is 5. The zero-order valence-corrected chi connectivity index (χ0v) is 13.6. The number of H-pyrrole nitrogens is 1. The molecule has 0 spiro atoms. The Hall–Kier alpha value is -2.48. The van der Waals surface area contributed by atoms with Gasteiger partial charge in [-0.15, -0.1) is 0 Å². The van der Waals surface area contributed by atoms with E-state index in [1.807, 2.05) is 0 Å². The van der Waals surface area contributed by atoms with Gasteiger partial charge < -0.3 is 9.47 Å². The molecule has 0 amide bonds. The highest BCUT2D eigenvalue weighted by Gasteiger charge is 2.29. The normalized spacial score (nSPS) is 14.2. The average Bonchev–Trinajstić information content (AvgIpc) is 3.30. The van der Waals surface area contributed by atoms with Crippen molar-refractivity contribution in [2.45, 2.75) is 25.7 Å². The standard InChI is InChI=1S/C15H16N4O3S/c1-9(20)22-12-6-3-10(7-13(12)21-2)8-16-19-14(11-4-5-11)17-18-15(19)23/h3,6-8,11H,4-5H2,1-2H3,(H,18,23)/b16-8-. The van der Waals surface area contributed by atoms with Crippen LogP contribution >= 0.6 is 12.2 Å². The number of carbonyl (C=O) groups excluding carboxylic acids is 1. The second kappa shape index (κ2) is 6.33. The van der Waals surface area contributed by atoms with Crippen LogP contribution in [0.15, 0.2) is 23.3 Å². The number of ether oxygens (including phenoxy) is 2. The maximum atomic E-state index is 11.1. The number of aromatic nitrogens is 3. The summed E-state index contributed by atoms with van der Waals surface area (Å²) in [6.45, 7) is 1.34. The molecule has 120 valence electrons. The maximum Gasteiger partial charge on any atom is 0.308 e. The number of benzene rings is 1. The monoisotopic (exact) mass is 332 g/mol. The van der Waals surface area contributed by atoms with Crippen molar-refractivity contribution in [3.05, 3.63) is 34.4 Å². The minimum absolute atomic E-state index is 0.371. The number of methoxy groups -OCH3 is 1. The van der Waals surface area contributed by atoms with E-state index in [4.69, 9.17) is 21.7 Å². The van der Waals surface area contributed by atoms with Gasteiger partial charge in [0.25, 0.3) is 0 Å². The van der Waals surface area contributed by atoms with Crippen molar-refractivity contribution in [3.8, 4) is 11.5 Å². The summed E-state index contributed by atoms with van der Waals surface area (Å²) >= 11 is 5.20. The predicted molar refractivity (Wildman–Crippen MR) is 86.7 cm³/mol. The first-order chi connectivity index (χ1) is 11.1. The Morgan fingerprint density at radius 2 is 2.26 bits per heavy atom. The first-order valence-electron chi connectivity index (χ1n) is 7.16. The van der Waals surface area contributed by atoms with E-state index in [-0.39, 0.29) is 0 Å². The molecular weight excluding hydrogens is 316 g/mol. The minimum atomic E-state index is -0.400. The molecule has 0 bridgehead atoms. The van der Waals surface area contributed by atoms with Crippen molar-refractivity contribution in [1.82, 2.24) is 14.9 Å². The molecule has 3 rings (SSSR count). The molecule has 0 unspecified atom stereocenters. The van der Waals surface area contributed by atoms with Crippen LogP contribution < -0.4 is 9.47 Å². The van der Waals surface area contributed by atoms with Gasteiger partial charge >= 0.3 is 5.97 Å². The maximum absolute atomic E-state index is 11.1. The minimum Gasteiger partial charge on any atom is -0.493 e. The van der Waals surface area contributed by atoms with E-state index < -0.39 is 5.97 Å². The molecule has 0 aliphatic heterocycles. The van der Waals surface area contributed by atoms with Gasteiger partial charge in [-0.25, -0.2) is 0 Å². The SMILES string of the molecule is COc1cc(/C=N\n2c(C3CC3)n[nH]c2=S)ccc1OC(C)=O. The highest BCUT2D eigenvalue weighted by molar-refractivity contribution is 7.71. The van der Waals surface area contributed by atoms with Crippen LogP contribution in [0.1, 0.15) is 37.1 Å². The number of aromatic amines is 1. The van der Waals surface area contributed by atoms with E-state index in [1.165, 1.54) is 14.0 Å². The Bertz CT molecular complexity index is 820. The third kappa shape index (κ3) is 3.48. The lowest BCUT2D eigenvalue weighted by atomic mass is 10.2. The first kappa shape index (κ1) is 15.4. The van der Waals surface area contributed by atoms with Crippen LogP contribution in [0.4, 0.5) is 0 Å². The van der Waals surface area contributed by atoms with E-state index in [9.17, 15) is 4.79 Å². The zero-order valence-electron chi connectivity index (χ0n) is 12.8. The predicted octanol–water partition coefficient (Wildman–Crippen LogP) is 2.63. The Labute approximate surface area is 137 Å². The first-order valence-corrected chi connectivity index (χ1v) is 7.57. The molecule has 1 fully saturated rings. The van der Waals surface area contributed by atoms with Crippen molar-refractivity contribution in [2.24, 2.45) is 5.10 Å². The Morgan fingerprint density at radius 3 is 2.91 bits per heavy atom. The van der Waals surface area contributed by atoms with E-state index in [0.29, 0.717) is 22.2 Å². The average molecular weight is 332 g/mol. The largest absolute Gasteiger partial charge is 0.493 e. The fraction of sp³-hybridized carbons (Fsp3) is 0.333. The smallest absolute Gasteiger partial charge is 0.308 e. The number of hydrogen-bond acceptors (Lipinski definition) is 6. The van der Waals surface area contributed by atoms with Gasteiger partial charge in [-0.1, -0.05) is 0 Å². The summed E-state index contributed by atoms with van der Waals surface area (Å²) in [7, 11) is 1.51. The van der Waals surface area contributed by atoms with Crippen LogP contribution in [-0.2, 0) is 4.79 Å². The Morgan fingerprint density at radius 1 is 1.48 bits per heavy atom. The topological polar surface area (TPSA) is 81.5 Å². The number of esters is 1. The van der Waals surface area contributed by atoms with E-state index in [2.05, 4.69) is 15.3 Å². The van der Waals surface area contributed by atoms with Crippen molar-refractivity contribution in [2.75, 3.05) is 7.11 Å². The lowest BCUT2D eigenvalue weighted by molar-refractivity contribution is -0.132. The van der Waals surface area contributed by atoms with Gasteiger partial charge in [-0.05, 0) is 48.8 Å². The third-order valence-electron chi connectivity index (χ3n) is 3.38. The van der Waals surface area contributed by atoms with Crippen LogP contribution in [0.3, 0.4) is 0 Å². The Kier molecular flexibility index (Phi) is 4.24. The van der Waals surface area contributed by atoms with Crippen LogP contribution in [-0.4, -0.2) is 34.2 Å². The second-order valence-corrected chi connectivity index (χ2v) is 5.61. The molecule has 0 saturated heterocycles. The fourth-order valence-corrected chi connectivity index (χ4v) is 2.34. The van der Waals surface area contributed by atoms with Gasteiger partial charge in [0.15, 0.2) is 17.3 Å². The molecule has 1 aliphatic rings. The third-order valence-corrected chi connectivity index (χ3v) is 3.65. The van der Waals surface area contributed by atoms with Crippen molar-refractivity contribution in [3.63, 3.8) is 0 Å². The quantitative estimate of drug-likeness (QED) is 0.394. The molecule has 1 aliphatic carbocycles. The molecule has 8 heteroatoms. The van der Waals surface area contributed by atoms with E-state index in [1.54, 1.807) is 29.1 Å². The summed E-state index contributed by atoms with van der Waals surface area (Å²) in [6, 6.07) is 5.19. The molecule has 1 heterocycles. The summed E-state index contributed by atoms with van der Waals surface area (Å²) in [5.41, 5.74) is 0.794. The number of hydrogen-bond donors (Lipinski definition) is 1. The highest BCUT2D eigenvalue weighted by atomic mass is 32.1. The summed E-state index contributed by atoms with van der Waals surface area (Å²) in [5.74, 6) is 1.72. The number of nitrogens with zero attached hydrogens (tertiary/aromatic N) is 3. The summed E-state index contributed by atoms with van der Waals surface area (Å²) < 4.78 is 12.4. The van der Waals surface area contributed by atoms with Gasteiger partial charge in [-0.3, -0.25) is 9.89 Å². The van der Waals surface area contributed by atoms with Gasteiger partial charge in [0, 0.05) is 12.8 Å². The van der Waals surface area contributed by atoms with E-state index in [0.717, 1.165) is 24.2 Å². The molecule has 0 atom stereocenters. The van der Waals surface area contributed by atoms with Crippen LogP contribution in [0.5, 0.6) is 11.5 Å². The molecule has 0 radical (unpaired) electrons. The second-order valence-electron chi connectivity index (χ2n) is 5.22. The summed E-state index contributed by atoms with van der Waals surface area (Å²) in [4.78, 5) is 11.1. The molecule has 1 N–H and O–H groups in total. The van der Waals surface area contributed by atoms with Crippen molar-refractivity contribution in [1.29, 1.82) is 0 Å². The van der Waals surface area contributed by atoms with E-state index >= 15 is 0 Å². The summed E-state index contributed by atoms with van der Waals surface area (Å²) in [5, 5.41) is 11.4. The lowest BCUT2D eigenvalue weighted by Crippen LogP contribution is -2.03. The summed E-state index contributed by atoms with van der Waals surface area (Å²) in [6.07, 6.45) is 3.89. The van der Waals surface area contributed by atoms with Crippen molar-refractivity contribution >= 4 is 24.4 Å². The molecular formula is C15H16N4O3S. The molecule has 1 aromatic heterocycles. The van der Waals surface area contributed by atoms with Gasteiger partial charge in [0.05, 0.1) is 13.3 Å². The van der Waals surface area contributed by atoms with Crippen LogP contribution in [0.2, 0.25) is 0 Å². The molecule has 1 aromatic carbocycles. The van der Waals surface area contributed by atoms with Crippen molar-refractivity contribution < 1.29 is 14.3 Å². The van der Waals surface area contributed by atoms with Gasteiger partial charge in [0.2, 0.25) is 4.77 Å². The molecule has 1 saturated carbocycles. The highest BCUT2D eigenvalue weighted by Crippen LogP contribution is 2.38. The lowest BCUT2D eigenvalue weighted by Gasteiger charge is -2.08. The number of nitrogens with one attached hydrogen (secondary N) is 1. The fourth-order valence-electron chi connectivity index (χ4n) is 2.15. The van der Waals surface area contributed by atoms with Gasteiger partial charge in [-0.2, -0.15) is 14.9 Å². The van der Waals surface area contributed by atoms with Gasteiger partial charge in [0.1, 0.15) is 0 Å².